The Labute approximate surface area is 113 Å². The molecule has 17 heavy (non-hydrogen) atoms. The topological polar surface area (TPSA) is 75.3 Å². The van der Waals surface area contributed by atoms with Crippen molar-refractivity contribution in [3.05, 3.63) is 28.2 Å². The molecular formula is C11H13BrN2O2S. The van der Waals surface area contributed by atoms with E-state index in [1.54, 1.807) is 12.1 Å². The normalized spacial score (nSPS) is 11.9. The maximum absolute atomic E-state index is 11.8. The molecule has 0 saturated carbocycles. The zero-order chi connectivity index (χ0) is 13.0. The van der Waals surface area contributed by atoms with Crippen LogP contribution in [0.25, 0.3) is 0 Å². The number of benzene rings is 1. The van der Waals surface area contributed by atoms with Gasteiger partial charge in [0.1, 0.15) is 5.75 Å². The van der Waals surface area contributed by atoms with Gasteiger partial charge in [-0.25, -0.2) is 0 Å². The number of hydrogen-bond acceptors (Lipinski definition) is 3. The molecule has 0 fully saturated rings. The molecule has 4 N–H and O–H groups in total. The number of halogens is 1. The second-order valence-electron chi connectivity index (χ2n) is 3.50. The monoisotopic (exact) mass is 316 g/mol. The fourth-order valence-electron chi connectivity index (χ4n) is 1.27. The van der Waals surface area contributed by atoms with Gasteiger partial charge in [-0.3, -0.25) is 4.79 Å². The first-order chi connectivity index (χ1) is 7.95. The van der Waals surface area contributed by atoms with E-state index in [2.05, 4.69) is 21.2 Å². The van der Waals surface area contributed by atoms with Gasteiger partial charge < -0.3 is 16.2 Å². The fraction of sp³-hybridized carbons (Fsp3) is 0.273. The molecule has 1 atom stereocenters. The average Bonchev–Trinajstić information content (AvgIpc) is 2.28. The Morgan fingerprint density at radius 2 is 2.29 bits per heavy atom. The SMILES string of the molecule is CCC(NC(=O)c1ccc(Br)c(O)c1)C(N)=S. The van der Waals surface area contributed by atoms with Crippen molar-refractivity contribution in [2.24, 2.45) is 5.73 Å². The third-order valence-corrected chi connectivity index (χ3v) is 3.22. The van der Waals surface area contributed by atoms with Crippen LogP contribution in [0.5, 0.6) is 5.75 Å². The average molecular weight is 317 g/mol. The van der Waals surface area contributed by atoms with Crippen LogP contribution in [0, 0.1) is 0 Å². The number of hydrogen-bond donors (Lipinski definition) is 3. The van der Waals surface area contributed by atoms with Crippen LogP contribution in [0.15, 0.2) is 22.7 Å². The van der Waals surface area contributed by atoms with Gasteiger partial charge in [0.15, 0.2) is 0 Å². The van der Waals surface area contributed by atoms with Crippen molar-refractivity contribution in [2.75, 3.05) is 0 Å². The number of thiocarbonyl (C=S) groups is 1. The molecule has 0 heterocycles. The molecule has 1 aromatic rings. The van der Waals surface area contributed by atoms with E-state index in [9.17, 15) is 9.90 Å². The molecule has 1 rings (SSSR count). The number of carbonyl (C=O) groups excluding carboxylic acids is 1. The summed E-state index contributed by atoms with van der Waals surface area (Å²) in [6, 6.07) is 4.26. The highest BCUT2D eigenvalue weighted by molar-refractivity contribution is 9.10. The molecule has 0 aliphatic heterocycles. The smallest absolute Gasteiger partial charge is 0.251 e. The molecule has 0 saturated heterocycles. The summed E-state index contributed by atoms with van der Waals surface area (Å²) in [5.74, 6) is -0.298. The van der Waals surface area contributed by atoms with E-state index in [0.29, 0.717) is 16.5 Å². The molecule has 1 aromatic carbocycles. The lowest BCUT2D eigenvalue weighted by Gasteiger charge is -2.15. The second-order valence-corrected chi connectivity index (χ2v) is 4.83. The maximum atomic E-state index is 11.8. The van der Waals surface area contributed by atoms with Crippen LogP contribution in [-0.4, -0.2) is 22.0 Å². The van der Waals surface area contributed by atoms with Crippen molar-refractivity contribution in [1.82, 2.24) is 5.32 Å². The number of nitrogens with one attached hydrogen (secondary N) is 1. The summed E-state index contributed by atoms with van der Waals surface area (Å²) in [6.07, 6.45) is 0.629. The van der Waals surface area contributed by atoms with Crippen molar-refractivity contribution < 1.29 is 9.90 Å². The molecular weight excluding hydrogens is 304 g/mol. The lowest BCUT2D eigenvalue weighted by atomic mass is 10.1. The van der Waals surface area contributed by atoms with Crippen LogP contribution in [0.2, 0.25) is 0 Å². The molecule has 92 valence electrons. The Morgan fingerprint density at radius 1 is 1.65 bits per heavy atom. The van der Waals surface area contributed by atoms with E-state index in [0.717, 1.165) is 0 Å². The minimum absolute atomic E-state index is 0.0148. The first kappa shape index (κ1) is 13.9. The quantitative estimate of drug-likeness (QED) is 0.742. The van der Waals surface area contributed by atoms with Crippen molar-refractivity contribution in [3.63, 3.8) is 0 Å². The largest absolute Gasteiger partial charge is 0.507 e. The zero-order valence-electron chi connectivity index (χ0n) is 9.24. The van der Waals surface area contributed by atoms with Crippen molar-refractivity contribution in [2.45, 2.75) is 19.4 Å². The van der Waals surface area contributed by atoms with Gasteiger partial charge in [-0.05, 0) is 40.5 Å². The van der Waals surface area contributed by atoms with E-state index in [4.69, 9.17) is 18.0 Å². The van der Waals surface area contributed by atoms with Gasteiger partial charge in [-0.15, -0.1) is 0 Å². The first-order valence-electron chi connectivity index (χ1n) is 5.04. The molecule has 0 aromatic heterocycles. The van der Waals surface area contributed by atoms with E-state index in [-0.39, 0.29) is 22.7 Å². The first-order valence-corrected chi connectivity index (χ1v) is 6.24. The molecule has 0 aliphatic carbocycles. The van der Waals surface area contributed by atoms with Gasteiger partial charge in [0.25, 0.3) is 5.91 Å². The van der Waals surface area contributed by atoms with Crippen LogP contribution in [-0.2, 0) is 0 Å². The number of nitrogens with two attached hydrogens (primary N) is 1. The molecule has 1 unspecified atom stereocenters. The van der Waals surface area contributed by atoms with Gasteiger partial charge >= 0.3 is 0 Å². The van der Waals surface area contributed by atoms with Crippen molar-refractivity contribution in [3.8, 4) is 5.75 Å². The number of phenolic OH excluding ortho intramolecular Hbond substituents is 1. The Kier molecular flexibility index (Phi) is 4.89. The highest BCUT2D eigenvalue weighted by Gasteiger charge is 2.15. The fourth-order valence-corrected chi connectivity index (χ4v) is 1.74. The third kappa shape index (κ3) is 3.67. The van der Waals surface area contributed by atoms with E-state index < -0.39 is 0 Å². The molecule has 4 nitrogen and oxygen atoms in total. The number of amides is 1. The predicted octanol–water partition coefficient (Wildman–Crippen LogP) is 1.95. The highest BCUT2D eigenvalue weighted by Crippen LogP contribution is 2.24. The Bertz CT molecular complexity index is 451. The molecule has 0 bridgehead atoms. The maximum Gasteiger partial charge on any atom is 0.251 e. The Balaban J connectivity index is 2.82. The lowest BCUT2D eigenvalue weighted by molar-refractivity contribution is 0.0946. The Hall–Kier alpha value is -1.14. The third-order valence-electron chi connectivity index (χ3n) is 2.27. The molecule has 0 aliphatic rings. The summed E-state index contributed by atoms with van der Waals surface area (Å²) in [7, 11) is 0. The standard InChI is InChI=1S/C11H13BrN2O2S/c1-2-8(10(13)17)14-11(16)6-3-4-7(12)9(15)5-6/h3-5,8,15H,2H2,1H3,(H2,13,17)(H,14,16). The van der Waals surface area contributed by atoms with Crippen LogP contribution in [0.4, 0.5) is 0 Å². The summed E-state index contributed by atoms with van der Waals surface area (Å²) in [6.45, 7) is 1.88. The second kappa shape index (κ2) is 5.97. The number of rotatable bonds is 4. The predicted molar refractivity (Wildman–Crippen MR) is 74.1 cm³/mol. The van der Waals surface area contributed by atoms with E-state index in [1.807, 2.05) is 6.92 Å². The van der Waals surface area contributed by atoms with Gasteiger partial charge in [0.2, 0.25) is 0 Å². The number of aromatic hydroxyl groups is 1. The van der Waals surface area contributed by atoms with Gasteiger partial charge in [-0.2, -0.15) is 0 Å². The zero-order valence-corrected chi connectivity index (χ0v) is 11.6. The number of carbonyl (C=O) groups is 1. The van der Waals surface area contributed by atoms with Crippen molar-refractivity contribution >= 4 is 39.0 Å². The van der Waals surface area contributed by atoms with Crippen molar-refractivity contribution in [1.29, 1.82) is 0 Å². The molecule has 6 heteroatoms. The molecule has 1 amide bonds. The van der Waals surface area contributed by atoms with E-state index in [1.165, 1.54) is 6.07 Å². The minimum atomic E-state index is -0.330. The lowest BCUT2D eigenvalue weighted by Crippen LogP contribution is -2.42. The minimum Gasteiger partial charge on any atom is -0.507 e. The summed E-state index contributed by atoms with van der Waals surface area (Å²) in [5.41, 5.74) is 5.85. The number of phenols is 1. The van der Waals surface area contributed by atoms with Gasteiger partial charge in [-0.1, -0.05) is 19.1 Å². The van der Waals surface area contributed by atoms with Crippen LogP contribution in [0.1, 0.15) is 23.7 Å². The van der Waals surface area contributed by atoms with Crippen LogP contribution < -0.4 is 11.1 Å². The van der Waals surface area contributed by atoms with Gasteiger partial charge in [0, 0.05) is 5.56 Å². The highest BCUT2D eigenvalue weighted by atomic mass is 79.9. The summed E-state index contributed by atoms with van der Waals surface area (Å²) < 4.78 is 0.537. The van der Waals surface area contributed by atoms with Crippen LogP contribution in [0.3, 0.4) is 0 Å². The molecule has 0 spiro atoms. The summed E-state index contributed by atoms with van der Waals surface area (Å²) >= 11 is 7.98. The Morgan fingerprint density at radius 3 is 2.76 bits per heavy atom. The van der Waals surface area contributed by atoms with Crippen LogP contribution >= 0.6 is 28.1 Å². The van der Waals surface area contributed by atoms with Gasteiger partial charge in [0.05, 0.1) is 15.5 Å². The van der Waals surface area contributed by atoms with E-state index >= 15 is 0 Å². The molecule has 0 radical (unpaired) electrons. The summed E-state index contributed by atoms with van der Waals surface area (Å²) in [5, 5.41) is 12.2. The summed E-state index contributed by atoms with van der Waals surface area (Å²) in [4.78, 5) is 12.1.